The number of nitrogens with two attached hydrogens (primary N) is 2. The van der Waals surface area contributed by atoms with E-state index in [1.807, 2.05) is 0 Å². The Kier molecular flexibility index (Phi) is 5.10. The molecule has 2 rings (SSSR count). The fraction of sp³-hybridized carbons (Fsp3) is 0.0714. The summed E-state index contributed by atoms with van der Waals surface area (Å²) in [6, 6.07) is 8.44. The quantitative estimate of drug-likeness (QED) is 0.286. The summed E-state index contributed by atoms with van der Waals surface area (Å²) in [4.78, 5) is 12.5. The second-order valence-corrected chi connectivity index (χ2v) is 4.99. The Balaban J connectivity index is 2.17. The first kappa shape index (κ1) is 15.5. The molecule has 22 heavy (non-hydrogen) atoms. The first-order chi connectivity index (χ1) is 10.6. The van der Waals surface area contributed by atoms with Crippen LogP contribution in [0, 0.1) is 0 Å². The molecule has 0 saturated heterocycles. The van der Waals surface area contributed by atoms with Crippen molar-refractivity contribution in [3.05, 3.63) is 46.2 Å². The van der Waals surface area contributed by atoms with E-state index in [2.05, 4.69) is 10.2 Å². The molecule has 0 saturated carbocycles. The number of carbonyl (C=O) groups excluding carboxylic acids is 1. The molecule has 7 nitrogen and oxygen atoms in total. The Labute approximate surface area is 130 Å². The summed E-state index contributed by atoms with van der Waals surface area (Å²) >= 11 is 1.31. The number of nitrogens with zero attached hydrogens (tertiary/aromatic N) is 2. The molecule has 0 bridgehead atoms. The third-order valence-corrected chi connectivity index (χ3v) is 3.34. The average Bonchev–Trinajstić information content (AvgIpc) is 3.02. The maximum Gasteiger partial charge on any atom is 0.353 e. The third kappa shape index (κ3) is 4.06. The van der Waals surface area contributed by atoms with Crippen molar-refractivity contribution in [2.24, 2.45) is 21.7 Å². The van der Waals surface area contributed by atoms with Crippen LogP contribution in [0.1, 0.15) is 15.2 Å². The van der Waals surface area contributed by atoms with Crippen LogP contribution in [-0.2, 0) is 0 Å². The van der Waals surface area contributed by atoms with E-state index in [-0.39, 0.29) is 5.96 Å². The first-order valence-corrected chi connectivity index (χ1v) is 7.04. The first-order valence-electron chi connectivity index (χ1n) is 6.16. The Morgan fingerprint density at radius 3 is 2.73 bits per heavy atom. The largest absolute Gasteiger partial charge is 0.493 e. The summed E-state index contributed by atoms with van der Waals surface area (Å²) in [6.45, 7) is 0. The van der Waals surface area contributed by atoms with Crippen molar-refractivity contribution in [1.82, 2.24) is 0 Å². The van der Waals surface area contributed by atoms with Crippen LogP contribution in [0.2, 0.25) is 0 Å². The molecule has 8 heteroatoms. The van der Waals surface area contributed by atoms with Gasteiger partial charge in [-0.05, 0) is 35.2 Å². The molecule has 0 radical (unpaired) electrons. The Morgan fingerprint density at radius 2 is 2.09 bits per heavy atom. The number of carbonyl (C=O) groups is 1. The lowest BCUT2D eigenvalue weighted by molar-refractivity contribution is 0.0735. The highest BCUT2D eigenvalue weighted by atomic mass is 32.1. The standard InChI is InChI=1S/C14H14N4O3S/c1-20-11-7-9(8-17-18-14(15)16)4-5-10(11)21-13(19)12-3-2-6-22-12/h2-8H,1H3,(H4,15,16,18)/b17-8+. The minimum atomic E-state index is -0.435. The molecule has 1 aromatic heterocycles. The molecule has 1 heterocycles. The maximum absolute atomic E-state index is 11.9. The van der Waals surface area contributed by atoms with E-state index >= 15 is 0 Å². The van der Waals surface area contributed by atoms with Crippen molar-refractivity contribution in [3.63, 3.8) is 0 Å². The molecule has 0 spiro atoms. The van der Waals surface area contributed by atoms with Crippen molar-refractivity contribution in [3.8, 4) is 11.5 Å². The summed E-state index contributed by atoms with van der Waals surface area (Å²) < 4.78 is 10.5. The van der Waals surface area contributed by atoms with E-state index in [9.17, 15) is 4.79 Å². The monoisotopic (exact) mass is 318 g/mol. The Morgan fingerprint density at radius 1 is 1.27 bits per heavy atom. The molecule has 0 aliphatic heterocycles. The lowest BCUT2D eigenvalue weighted by Gasteiger charge is -2.09. The summed E-state index contributed by atoms with van der Waals surface area (Å²) in [7, 11) is 1.48. The molecule has 4 N–H and O–H groups in total. The van der Waals surface area contributed by atoms with E-state index in [4.69, 9.17) is 20.9 Å². The van der Waals surface area contributed by atoms with E-state index in [0.717, 1.165) is 0 Å². The number of hydrogen-bond acceptors (Lipinski definition) is 6. The molecule has 114 valence electrons. The number of methoxy groups -OCH3 is 1. The zero-order valence-electron chi connectivity index (χ0n) is 11.7. The maximum atomic E-state index is 11.9. The van der Waals surface area contributed by atoms with Gasteiger partial charge in [0, 0.05) is 0 Å². The molecule has 0 unspecified atom stereocenters. The van der Waals surface area contributed by atoms with Gasteiger partial charge in [-0.3, -0.25) is 0 Å². The van der Waals surface area contributed by atoms with Crippen molar-refractivity contribution in [2.75, 3.05) is 7.11 Å². The predicted octanol–water partition coefficient (Wildman–Crippen LogP) is 1.58. The third-order valence-electron chi connectivity index (χ3n) is 2.49. The molecular formula is C14H14N4O3S. The molecule has 0 aliphatic rings. The van der Waals surface area contributed by atoms with Crippen LogP contribution in [0.5, 0.6) is 11.5 Å². The molecule has 2 aromatic rings. The normalized spacial score (nSPS) is 10.4. The molecule has 0 aliphatic carbocycles. The SMILES string of the molecule is COc1cc(/C=N/N=C(N)N)ccc1OC(=O)c1cccs1. The van der Waals surface area contributed by atoms with E-state index in [1.54, 1.807) is 35.7 Å². The molecule has 0 amide bonds. The molecule has 1 aromatic carbocycles. The van der Waals surface area contributed by atoms with Gasteiger partial charge in [-0.15, -0.1) is 16.4 Å². The van der Waals surface area contributed by atoms with Gasteiger partial charge in [-0.1, -0.05) is 6.07 Å². The Bertz CT molecular complexity index is 707. The number of guanidine groups is 1. The van der Waals surface area contributed by atoms with Crippen LogP contribution in [0.15, 0.2) is 45.9 Å². The molecule has 0 atom stereocenters. The number of thiophene rings is 1. The van der Waals surface area contributed by atoms with E-state index < -0.39 is 5.97 Å². The van der Waals surface area contributed by atoms with Crippen molar-refractivity contribution in [2.45, 2.75) is 0 Å². The predicted molar refractivity (Wildman–Crippen MR) is 85.7 cm³/mol. The highest BCUT2D eigenvalue weighted by molar-refractivity contribution is 7.12. The summed E-state index contributed by atoms with van der Waals surface area (Å²) in [5.41, 5.74) is 11.0. The van der Waals surface area contributed by atoms with Gasteiger partial charge in [0.1, 0.15) is 4.88 Å². The molecular weight excluding hydrogens is 304 g/mol. The van der Waals surface area contributed by atoms with Gasteiger partial charge in [0.25, 0.3) is 0 Å². The van der Waals surface area contributed by atoms with Gasteiger partial charge in [0.15, 0.2) is 11.5 Å². The van der Waals surface area contributed by atoms with E-state index in [1.165, 1.54) is 24.7 Å². The smallest absolute Gasteiger partial charge is 0.353 e. The summed E-state index contributed by atoms with van der Waals surface area (Å²) in [5.74, 6) is 0.151. The number of benzene rings is 1. The van der Waals surface area contributed by atoms with E-state index in [0.29, 0.717) is 21.9 Å². The number of esters is 1. The van der Waals surface area contributed by atoms with Crippen molar-refractivity contribution in [1.29, 1.82) is 0 Å². The van der Waals surface area contributed by atoms with Crippen LogP contribution in [0.3, 0.4) is 0 Å². The van der Waals surface area contributed by atoms with Crippen LogP contribution in [0.25, 0.3) is 0 Å². The minimum Gasteiger partial charge on any atom is -0.493 e. The Hall–Kier alpha value is -2.87. The lowest BCUT2D eigenvalue weighted by Crippen LogP contribution is -2.21. The minimum absolute atomic E-state index is 0.135. The highest BCUT2D eigenvalue weighted by Crippen LogP contribution is 2.28. The fourth-order valence-corrected chi connectivity index (χ4v) is 2.15. The van der Waals surface area contributed by atoms with Gasteiger partial charge < -0.3 is 20.9 Å². The topological polar surface area (TPSA) is 112 Å². The highest BCUT2D eigenvalue weighted by Gasteiger charge is 2.13. The zero-order valence-corrected chi connectivity index (χ0v) is 12.5. The van der Waals surface area contributed by atoms with Crippen LogP contribution >= 0.6 is 11.3 Å². The van der Waals surface area contributed by atoms with Crippen molar-refractivity contribution < 1.29 is 14.3 Å². The van der Waals surface area contributed by atoms with Gasteiger partial charge in [-0.2, -0.15) is 5.10 Å². The summed E-state index contributed by atoms with van der Waals surface area (Å²) in [5, 5.41) is 9.00. The number of hydrogen-bond donors (Lipinski definition) is 2. The van der Waals surface area contributed by atoms with Gasteiger partial charge in [-0.25, -0.2) is 4.79 Å². The number of rotatable bonds is 5. The second kappa shape index (κ2) is 7.23. The van der Waals surface area contributed by atoms with Crippen LogP contribution in [-0.4, -0.2) is 25.3 Å². The van der Waals surface area contributed by atoms with Crippen LogP contribution in [0.4, 0.5) is 0 Å². The van der Waals surface area contributed by atoms with Crippen molar-refractivity contribution >= 4 is 29.5 Å². The second-order valence-electron chi connectivity index (χ2n) is 4.05. The zero-order chi connectivity index (χ0) is 15.9. The average molecular weight is 318 g/mol. The fourth-order valence-electron chi connectivity index (χ4n) is 1.56. The van der Waals surface area contributed by atoms with Crippen LogP contribution < -0.4 is 20.9 Å². The van der Waals surface area contributed by atoms with Gasteiger partial charge in [0.05, 0.1) is 13.3 Å². The lowest BCUT2D eigenvalue weighted by atomic mass is 10.2. The van der Waals surface area contributed by atoms with Gasteiger partial charge >= 0.3 is 5.97 Å². The van der Waals surface area contributed by atoms with Gasteiger partial charge in [0.2, 0.25) is 5.96 Å². The molecule has 0 fully saturated rings. The summed E-state index contributed by atoms with van der Waals surface area (Å²) in [6.07, 6.45) is 1.45. The number of ether oxygens (including phenoxy) is 2.